The van der Waals surface area contributed by atoms with Crippen molar-refractivity contribution < 1.29 is 0 Å². The Balaban J connectivity index is 2.04. The first-order chi connectivity index (χ1) is 8.69. The molecule has 0 aliphatic carbocycles. The lowest BCUT2D eigenvalue weighted by Crippen LogP contribution is -2.19. The second-order valence-corrected chi connectivity index (χ2v) is 6.28. The molecule has 4 heteroatoms. The number of halogens is 1. The van der Waals surface area contributed by atoms with Crippen LogP contribution in [0.5, 0.6) is 0 Å². The van der Waals surface area contributed by atoms with Crippen molar-refractivity contribution in [1.82, 2.24) is 4.98 Å². The van der Waals surface area contributed by atoms with Crippen LogP contribution in [0.3, 0.4) is 0 Å². The standard InChI is InChI=1S/C14H17BrN2S/c1-10-9-18-14(17-10)7-11(8-16)6-12-4-2-3-5-13(12)15/h2-5,9,11H,6-8,16H2,1H3. The molecule has 2 aromatic rings. The molecule has 0 amide bonds. The van der Waals surface area contributed by atoms with E-state index in [0.29, 0.717) is 12.5 Å². The van der Waals surface area contributed by atoms with E-state index in [0.717, 1.165) is 18.5 Å². The van der Waals surface area contributed by atoms with Crippen molar-refractivity contribution in [3.05, 3.63) is 50.4 Å². The van der Waals surface area contributed by atoms with Crippen LogP contribution in [0.15, 0.2) is 34.1 Å². The average Bonchev–Trinajstić information content (AvgIpc) is 2.76. The molecule has 0 bridgehead atoms. The molecule has 0 aliphatic heterocycles. The van der Waals surface area contributed by atoms with Crippen LogP contribution in [0.25, 0.3) is 0 Å². The van der Waals surface area contributed by atoms with Crippen molar-refractivity contribution in [2.24, 2.45) is 11.7 Å². The fraction of sp³-hybridized carbons (Fsp3) is 0.357. The number of hydrogen-bond donors (Lipinski definition) is 1. The summed E-state index contributed by atoms with van der Waals surface area (Å²) in [6, 6.07) is 8.34. The third-order valence-electron chi connectivity index (χ3n) is 2.93. The van der Waals surface area contributed by atoms with Gasteiger partial charge in [-0.15, -0.1) is 11.3 Å². The fourth-order valence-corrected chi connectivity index (χ4v) is 3.29. The van der Waals surface area contributed by atoms with Crippen LogP contribution in [-0.2, 0) is 12.8 Å². The van der Waals surface area contributed by atoms with E-state index in [-0.39, 0.29) is 0 Å². The molecule has 1 unspecified atom stereocenters. The highest BCUT2D eigenvalue weighted by Gasteiger charge is 2.12. The Kier molecular flexibility index (Phi) is 4.92. The Labute approximate surface area is 120 Å². The van der Waals surface area contributed by atoms with Gasteiger partial charge in [0.25, 0.3) is 0 Å². The van der Waals surface area contributed by atoms with E-state index >= 15 is 0 Å². The molecule has 1 heterocycles. The van der Waals surface area contributed by atoms with Gasteiger partial charge in [0.2, 0.25) is 0 Å². The Morgan fingerprint density at radius 2 is 2.11 bits per heavy atom. The molecular formula is C14H17BrN2S. The quantitative estimate of drug-likeness (QED) is 0.913. The van der Waals surface area contributed by atoms with Gasteiger partial charge in [-0.3, -0.25) is 0 Å². The van der Waals surface area contributed by atoms with Gasteiger partial charge >= 0.3 is 0 Å². The second kappa shape index (κ2) is 6.45. The number of benzene rings is 1. The molecule has 0 aliphatic rings. The van der Waals surface area contributed by atoms with Gasteiger partial charge in [-0.2, -0.15) is 0 Å². The minimum absolute atomic E-state index is 0.453. The van der Waals surface area contributed by atoms with Gasteiger partial charge in [-0.1, -0.05) is 34.1 Å². The van der Waals surface area contributed by atoms with E-state index in [9.17, 15) is 0 Å². The minimum Gasteiger partial charge on any atom is -0.330 e. The molecule has 0 spiro atoms. The summed E-state index contributed by atoms with van der Waals surface area (Å²) < 4.78 is 1.17. The summed E-state index contributed by atoms with van der Waals surface area (Å²) >= 11 is 5.32. The molecule has 0 saturated heterocycles. The van der Waals surface area contributed by atoms with Crippen molar-refractivity contribution in [1.29, 1.82) is 0 Å². The average molecular weight is 325 g/mol. The first-order valence-electron chi connectivity index (χ1n) is 6.03. The zero-order valence-electron chi connectivity index (χ0n) is 10.4. The highest BCUT2D eigenvalue weighted by atomic mass is 79.9. The molecular weight excluding hydrogens is 308 g/mol. The number of hydrogen-bond acceptors (Lipinski definition) is 3. The molecule has 0 radical (unpaired) electrons. The van der Waals surface area contributed by atoms with Crippen molar-refractivity contribution in [3.8, 4) is 0 Å². The summed E-state index contributed by atoms with van der Waals surface area (Å²) in [5.41, 5.74) is 8.31. The molecule has 1 aromatic carbocycles. The fourth-order valence-electron chi connectivity index (χ4n) is 1.96. The molecule has 1 aromatic heterocycles. The van der Waals surface area contributed by atoms with Crippen LogP contribution in [0.2, 0.25) is 0 Å². The van der Waals surface area contributed by atoms with Crippen molar-refractivity contribution >= 4 is 27.3 Å². The Morgan fingerprint density at radius 3 is 2.72 bits per heavy atom. The van der Waals surface area contributed by atoms with Gasteiger partial charge in [0.05, 0.1) is 5.01 Å². The van der Waals surface area contributed by atoms with Gasteiger partial charge in [-0.05, 0) is 37.4 Å². The maximum Gasteiger partial charge on any atom is 0.0931 e. The summed E-state index contributed by atoms with van der Waals surface area (Å²) in [5.74, 6) is 0.453. The molecule has 0 saturated carbocycles. The Hall–Kier alpha value is -0.710. The van der Waals surface area contributed by atoms with Crippen LogP contribution in [0.1, 0.15) is 16.3 Å². The molecule has 2 rings (SSSR count). The summed E-state index contributed by atoms with van der Waals surface area (Å²) in [5, 5.41) is 3.29. The van der Waals surface area contributed by atoms with Gasteiger partial charge in [-0.25, -0.2) is 4.98 Å². The highest BCUT2D eigenvalue weighted by Crippen LogP contribution is 2.22. The van der Waals surface area contributed by atoms with Crippen LogP contribution in [-0.4, -0.2) is 11.5 Å². The van der Waals surface area contributed by atoms with Gasteiger partial charge in [0, 0.05) is 22.0 Å². The lowest BCUT2D eigenvalue weighted by molar-refractivity contribution is 0.531. The van der Waals surface area contributed by atoms with Gasteiger partial charge in [0.15, 0.2) is 0 Å². The van der Waals surface area contributed by atoms with E-state index in [2.05, 4.69) is 44.5 Å². The predicted molar refractivity (Wildman–Crippen MR) is 80.9 cm³/mol. The van der Waals surface area contributed by atoms with Crippen LogP contribution >= 0.6 is 27.3 Å². The summed E-state index contributed by atoms with van der Waals surface area (Å²) in [4.78, 5) is 4.51. The van der Waals surface area contributed by atoms with Crippen LogP contribution in [0.4, 0.5) is 0 Å². The molecule has 18 heavy (non-hydrogen) atoms. The molecule has 1 atom stereocenters. The van der Waals surface area contributed by atoms with E-state index in [4.69, 9.17) is 5.73 Å². The summed E-state index contributed by atoms with van der Waals surface area (Å²) in [6.45, 7) is 2.73. The first-order valence-corrected chi connectivity index (χ1v) is 7.70. The van der Waals surface area contributed by atoms with Crippen LogP contribution in [0, 0.1) is 12.8 Å². The van der Waals surface area contributed by atoms with Crippen LogP contribution < -0.4 is 5.73 Å². The Morgan fingerprint density at radius 1 is 1.33 bits per heavy atom. The zero-order valence-corrected chi connectivity index (χ0v) is 12.8. The van der Waals surface area contributed by atoms with Crippen molar-refractivity contribution in [2.75, 3.05) is 6.54 Å². The lowest BCUT2D eigenvalue weighted by atomic mass is 9.96. The SMILES string of the molecule is Cc1csc(CC(CN)Cc2ccccc2Br)n1. The van der Waals surface area contributed by atoms with Crippen molar-refractivity contribution in [3.63, 3.8) is 0 Å². The monoisotopic (exact) mass is 324 g/mol. The van der Waals surface area contributed by atoms with Crippen molar-refractivity contribution in [2.45, 2.75) is 19.8 Å². The van der Waals surface area contributed by atoms with E-state index < -0.39 is 0 Å². The van der Waals surface area contributed by atoms with E-state index in [1.54, 1.807) is 11.3 Å². The van der Waals surface area contributed by atoms with Gasteiger partial charge < -0.3 is 5.73 Å². The number of thiazole rings is 1. The second-order valence-electron chi connectivity index (χ2n) is 4.48. The number of nitrogens with two attached hydrogens (primary N) is 1. The largest absolute Gasteiger partial charge is 0.330 e. The number of aromatic nitrogens is 1. The summed E-state index contributed by atoms with van der Waals surface area (Å²) in [6.07, 6.45) is 1.97. The predicted octanol–water partition coefficient (Wildman–Crippen LogP) is 3.57. The highest BCUT2D eigenvalue weighted by molar-refractivity contribution is 9.10. The zero-order chi connectivity index (χ0) is 13.0. The smallest absolute Gasteiger partial charge is 0.0931 e. The molecule has 0 fully saturated rings. The summed E-state index contributed by atoms with van der Waals surface area (Å²) in [7, 11) is 0. The van der Waals surface area contributed by atoms with E-state index in [1.165, 1.54) is 15.0 Å². The number of nitrogens with zero attached hydrogens (tertiary/aromatic N) is 1. The van der Waals surface area contributed by atoms with E-state index in [1.807, 2.05) is 13.0 Å². The molecule has 2 nitrogen and oxygen atoms in total. The third kappa shape index (κ3) is 3.64. The first kappa shape index (κ1) is 13.7. The lowest BCUT2D eigenvalue weighted by Gasteiger charge is -2.14. The minimum atomic E-state index is 0.453. The Bertz CT molecular complexity index is 510. The number of rotatable bonds is 5. The maximum atomic E-state index is 5.89. The normalized spacial score (nSPS) is 12.6. The van der Waals surface area contributed by atoms with Gasteiger partial charge in [0.1, 0.15) is 0 Å². The third-order valence-corrected chi connectivity index (χ3v) is 4.69. The molecule has 96 valence electrons. The topological polar surface area (TPSA) is 38.9 Å². The number of aryl methyl sites for hydroxylation is 1. The maximum absolute atomic E-state index is 5.89. The molecule has 2 N–H and O–H groups in total.